The third-order valence-corrected chi connectivity index (χ3v) is 4.91. The monoisotopic (exact) mass is 375 g/mol. The zero-order valence-corrected chi connectivity index (χ0v) is 16.6. The molecule has 8 heteroatoms. The quantitative estimate of drug-likeness (QED) is 0.758. The average molecular weight is 375 g/mol. The fourth-order valence-corrected chi connectivity index (χ4v) is 3.06. The summed E-state index contributed by atoms with van der Waals surface area (Å²) < 4.78 is 1.86. The Hall–Kier alpha value is -2.35. The van der Waals surface area contributed by atoms with Crippen LogP contribution in [0.2, 0.25) is 0 Å². The largest absolute Gasteiger partial charge is 0.338 e. The van der Waals surface area contributed by atoms with Gasteiger partial charge in [-0.15, -0.1) is 10.2 Å². The summed E-state index contributed by atoms with van der Waals surface area (Å²) in [5.41, 5.74) is 2.10. The molecule has 0 aliphatic heterocycles. The molecule has 0 saturated heterocycles. The highest BCUT2D eigenvalue weighted by atomic mass is 32.2. The summed E-state index contributed by atoms with van der Waals surface area (Å²) in [6.45, 7) is 8.24. The van der Waals surface area contributed by atoms with E-state index in [1.165, 1.54) is 11.8 Å². The van der Waals surface area contributed by atoms with Gasteiger partial charge in [0.25, 0.3) is 0 Å². The van der Waals surface area contributed by atoms with Crippen molar-refractivity contribution in [2.45, 2.75) is 38.1 Å². The van der Waals surface area contributed by atoms with Crippen LogP contribution in [0, 0.1) is 12.8 Å². The van der Waals surface area contributed by atoms with Gasteiger partial charge in [0.2, 0.25) is 5.91 Å². The molecule has 0 spiro atoms. The first-order valence-corrected chi connectivity index (χ1v) is 9.38. The molecule has 0 aliphatic rings. The number of thioether (sulfide) groups is 1. The number of carbonyl (C=O) groups excluding carboxylic acids is 2. The highest BCUT2D eigenvalue weighted by Gasteiger charge is 2.21. The SMILES string of the molecule is Cc1ccccc1-c1nnc(SC(C)C(=O)NC(=O)NCC(C)C)n1C. The predicted molar refractivity (Wildman–Crippen MR) is 103 cm³/mol. The smallest absolute Gasteiger partial charge is 0.321 e. The van der Waals surface area contributed by atoms with E-state index < -0.39 is 11.3 Å². The van der Waals surface area contributed by atoms with Crippen LogP contribution in [0.1, 0.15) is 26.3 Å². The molecule has 2 N–H and O–H groups in total. The summed E-state index contributed by atoms with van der Waals surface area (Å²) in [4.78, 5) is 23.9. The molecule has 0 aliphatic carbocycles. The Kier molecular flexibility index (Phi) is 6.79. The van der Waals surface area contributed by atoms with Gasteiger partial charge < -0.3 is 9.88 Å². The molecule has 3 amide bonds. The first-order chi connectivity index (χ1) is 12.3. The number of rotatable bonds is 6. The minimum absolute atomic E-state index is 0.321. The number of carbonyl (C=O) groups is 2. The number of benzene rings is 1. The fraction of sp³-hybridized carbons (Fsp3) is 0.444. The van der Waals surface area contributed by atoms with Gasteiger partial charge in [-0.2, -0.15) is 0 Å². The summed E-state index contributed by atoms with van der Waals surface area (Å²) in [6.07, 6.45) is 0. The fourth-order valence-electron chi connectivity index (χ4n) is 2.24. The molecular weight excluding hydrogens is 350 g/mol. The summed E-state index contributed by atoms with van der Waals surface area (Å²) in [5, 5.41) is 13.6. The maximum atomic E-state index is 12.2. The molecule has 1 aromatic heterocycles. The Bertz CT molecular complexity index is 788. The topological polar surface area (TPSA) is 88.9 Å². The number of hydrogen-bond donors (Lipinski definition) is 2. The number of hydrogen-bond acceptors (Lipinski definition) is 5. The van der Waals surface area contributed by atoms with Crippen LogP contribution >= 0.6 is 11.8 Å². The number of urea groups is 1. The minimum Gasteiger partial charge on any atom is -0.338 e. The number of aromatic nitrogens is 3. The molecule has 0 fully saturated rings. The third kappa shape index (κ3) is 5.08. The van der Waals surface area contributed by atoms with Gasteiger partial charge >= 0.3 is 6.03 Å². The summed E-state index contributed by atoms with van der Waals surface area (Å²) in [7, 11) is 1.87. The number of imide groups is 1. The molecule has 1 aromatic carbocycles. The molecule has 0 bridgehead atoms. The van der Waals surface area contributed by atoms with Gasteiger partial charge in [-0.05, 0) is 25.3 Å². The van der Waals surface area contributed by atoms with Crippen LogP contribution in [0.3, 0.4) is 0 Å². The van der Waals surface area contributed by atoms with Crippen molar-refractivity contribution in [2.75, 3.05) is 6.54 Å². The standard InChI is InChI=1S/C18H25N5O2S/c1-11(2)10-19-17(25)20-16(24)13(4)26-18-22-21-15(23(18)5)14-9-7-6-8-12(14)3/h6-9,11,13H,10H2,1-5H3,(H2,19,20,24,25). The molecule has 1 unspecified atom stereocenters. The Labute approximate surface area is 158 Å². The highest BCUT2D eigenvalue weighted by molar-refractivity contribution is 8.00. The van der Waals surface area contributed by atoms with Crippen molar-refractivity contribution >= 4 is 23.7 Å². The van der Waals surface area contributed by atoms with Crippen molar-refractivity contribution in [3.8, 4) is 11.4 Å². The van der Waals surface area contributed by atoms with E-state index in [4.69, 9.17) is 0 Å². The normalized spacial score (nSPS) is 12.1. The lowest BCUT2D eigenvalue weighted by Gasteiger charge is -2.12. The Morgan fingerprint density at radius 3 is 2.54 bits per heavy atom. The first-order valence-electron chi connectivity index (χ1n) is 8.50. The maximum absolute atomic E-state index is 12.2. The molecule has 26 heavy (non-hydrogen) atoms. The molecule has 2 aromatic rings. The number of amides is 3. The summed E-state index contributed by atoms with van der Waals surface area (Å²) in [5.74, 6) is 0.700. The molecular formula is C18H25N5O2S. The second-order valence-electron chi connectivity index (χ2n) is 6.53. The van der Waals surface area contributed by atoms with E-state index in [1.54, 1.807) is 6.92 Å². The van der Waals surface area contributed by atoms with Crippen LogP contribution in [0.5, 0.6) is 0 Å². The van der Waals surface area contributed by atoms with Gasteiger partial charge in [0.05, 0.1) is 5.25 Å². The van der Waals surface area contributed by atoms with Gasteiger partial charge in [-0.1, -0.05) is 49.9 Å². The van der Waals surface area contributed by atoms with E-state index in [2.05, 4.69) is 20.8 Å². The Morgan fingerprint density at radius 2 is 1.88 bits per heavy atom. The molecule has 0 radical (unpaired) electrons. The number of aryl methyl sites for hydroxylation is 1. The van der Waals surface area contributed by atoms with Crippen LogP contribution in [0.4, 0.5) is 4.79 Å². The van der Waals surface area contributed by atoms with Crippen LogP contribution in [0.15, 0.2) is 29.4 Å². The minimum atomic E-state index is -0.479. The second kappa shape index (κ2) is 8.84. The summed E-state index contributed by atoms with van der Waals surface area (Å²) in [6, 6.07) is 7.46. The van der Waals surface area contributed by atoms with E-state index in [-0.39, 0.29) is 5.91 Å². The maximum Gasteiger partial charge on any atom is 0.321 e. The molecule has 1 atom stereocenters. The Balaban J connectivity index is 2.01. The van der Waals surface area contributed by atoms with Crippen LogP contribution < -0.4 is 10.6 Å². The molecule has 140 valence electrons. The lowest BCUT2D eigenvalue weighted by molar-refractivity contribution is -0.119. The van der Waals surface area contributed by atoms with Gasteiger partial charge in [0.15, 0.2) is 11.0 Å². The van der Waals surface area contributed by atoms with Crippen molar-refractivity contribution < 1.29 is 9.59 Å². The average Bonchev–Trinajstić information content (AvgIpc) is 2.94. The summed E-state index contributed by atoms with van der Waals surface area (Å²) >= 11 is 1.26. The van der Waals surface area contributed by atoms with Crippen LogP contribution in [-0.4, -0.2) is 38.5 Å². The zero-order chi connectivity index (χ0) is 19.3. The van der Waals surface area contributed by atoms with Crippen LogP contribution in [0.25, 0.3) is 11.4 Å². The number of nitrogens with zero attached hydrogens (tertiary/aromatic N) is 3. The van der Waals surface area contributed by atoms with Crippen molar-refractivity contribution in [2.24, 2.45) is 13.0 Å². The third-order valence-electron chi connectivity index (χ3n) is 3.78. The van der Waals surface area contributed by atoms with Gasteiger partial charge in [-0.3, -0.25) is 10.1 Å². The van der Waals surface area contributed by atoms with Crippen molar-refractivity contribution in [1.29, 1.82) is 0 Å². The first kappa shape index (κ1) is 20.0. The van der Waals surface area contributed by atoms with E-state index in [0.717, 1.165) is 17.0 Å². The van der Waals surface area contributed by atoms with Crippen molar-refractivity contribution in [3.05, 3.63) is 29.8 Å². The van der Waals surface area contributed by atoms with E-state index in [0.29, 0.717) is 17.6 Å². The predicted octanol–water partition coefficient (Wildman–Crippen LogP) is 2.75. The Morgan fingerprint density at radius 1 is 1.19 bits per heavy atom. The van der Waals surface area contributed by atoms with Gasteiger partial charge in [-0.25, -0.2) is 4.79 Å². The lowest BCUT2D eigenvalue weighted by Crippen LogP contribution is -2.43. The van der Waals surface area contributed by atoms with E-state index in [9.17, 15) is 9.59 Å². The molecule has 2 rings (SSSR count). The molecule has 7 nitrogen and oxygen atoms in total. The van der Waals surface area contributed by atoms with Crippen molar-refractivity contribution in [3.63, 3.8) is 0 Å². The zero-order valence-electron chi connectivity index (χ0n) is 15.7. The molecule has 0 saturated carbocycles. The van der Waals surface area contributed by atoms with Gasteiger partial charge in [0.1, 0.15) is 0 Å². The van der Waals surface area contributed by atoms with Crippen LogP contribution in [-0.2, 0) is 11.8 Å². The van der Waals surface area contributed by atoms with E-state index in [1.807, 2.05) is 56.7 Å². The van der Waals surface area contributed by atoms with Crippen molar-refractivity contribution in [1.82, 2.24) is 25.4 Å². The second-order valence-corrected chi connectivity index (χ2v) is 7.84. The highest BCUT2D eigenvalue weighted by Crippen LogP contribution is 2.27. The molecule has 1 heterocycles. The lowest BCUT2D eigenvalue weighted by atomic mass is 10.1. The van der Waals surface area contributed by atoms with E-state index >= 15 is 0 Å². The van der Waals surface area contributed by atoms with Gasteiger partial charge in [0, 0.05) is 19.2 Å². The number of nitrogens with one attached hydrogen (secondary N) is 2.